The van der Waals surface area contributed by atoms with Gasteiger partial charge in [-0.3, -0.25) is 4.79 Å². The van der Waals surface area contributed by atoms with Gasteiger partial charge in [0.15, 0.2) is 17.4 Å². The summed E-state index contributed by atoms with van der Waals surface area (Å²) in [6.07, 6.45) is 0.226. The number of carbonyl (C=O) groups is 1. The quantitative estimate of drug-likeness (QED) is 0.778. The first kappa shape index (κ1) is 14.1. The van der Waals surface area contributed by atoms with Gasteiger partial charge < -0.3 is 9.80 Å². The van der Waals surface area contributed by atoms with E-state index in [-0.39, 0.29) is 17.8 Å². The number of nitrogens with zero attached hydrogens (tertiary/aromatic N) is 2. The number of halogens is 2. The summed E-state index contributed by atoms with van der Waals surface area (Å²) in [5.74, 6) is -2.34. The molecule has 0 radical (unpaired) electrons. The monoisotopic (exact) mass is 268 g/mol. The van der Waals surface area contributed by atoms with Crippen molar-refractivity contribution in [3.63, 3.8) is 0 Å². The molecule has 1 fully saturated rings. The lowest BCUT2D eigenvalue weighted by molar-refractivity contribution is 0.0937. The molecule has 0 aliphatic carbocycles. The summed E-state index contributed by atoms with van der Waals surface area (Å²) in [6.45, 7) is 4.37. The van der Waals surface area contributed by atoms with Gasteiger partial charge in [0.05, 0.1) is 5.56 Å². The van der Waals surface area contributed by atoms with Gasteiger partial charge in [0.1, 0.15) is 0 Å². The van der Waals surface area contributed by atoms with Gasteiger partial charge in [-0.15, -0.1) is 0 Å². The first-order chi connectivity index (χ1) is 9.08. The van der Waals surface area contributed by atoms with Crippen LogP contribution in [-0.4, -0.2) is 55.4 Å². The van der Waals surface area contributed by atoms with Crippen molar-refractivity contribution in [2.75, 3.05) is 39.8 Å². The Kier molecular flexibility index (Phi) is 4.61. The summed E-state index contributed by atoms with van der Waals surface area (Å²) >= 11 is 0. The minimum absolute atomic E-state index is 0.144. The van der Waals surface area contributed by atoms with Crippen LogP contribution >= 0.6 is 0 Å². The van der Waals surface area contributed by atoms with Crippen molar-refractivity contribution in [2.45, 2.75) is 6.42 Å². The molecule has 3 nitrogen and oxygen atoms in total. The maximum Gasteiger partial charge on any atom is 0.169 e. The molecule has 1 heterocycles. The fourth-order valence-corrected chi connectivity index (χ4v) is 2.18. The Morgan fingerprint density at radius 1 is 1.21 bits per heavy atom. The van der Waals surface area contributed by atoms with Gasteiger partial charge >= 0.3 is 0 Å². The van der Waals surface area contributed by atoms with E-state index < -0.39 is 11.6 Å². The molecule has 1 saturated heterocycles. The first-order valence-electron chi connectivity index (χ1n) is 6.46. The molecule has 1 aliphatic rings. The lowest BCUT2D eigenvalue weighted by atomic mass is 10.1. The van der Waals surface area contributed by atoms with Crippen LogP contribution in [0.3, 0.4) is 0 Å². The van der Waals surface area contributed by atoms with Crippen LogP contribution in [0, 0.1) is 11.6 Å². The predicted octanol–water partition coefficient (Wildman–Crippen LogP) is 1.78. The summed E-state index contributed by atoms with van der Waals surface area (Å²) in [5.41, 5.74) is -0.144. The number of ketones is 1. The van der Waals surface area contributed by atoms with Gasteiger partial charge in [-0.05, 0) is 19.2 Å². The summed E-state index contributed by atoms with van der Waals surface area (Å²) < 4.78 is 26.5. The van der Waals surface area contributed by atoms with Crippen molar-refractivity contribution >= 4 is 5.78 Å². The van der Waals surface area contributed by atoms with Crippen molar-refractivity contribution in [3.8, 4) is 0 Å². The number of rotatable bonds is 4. The van der Waals surface area contributed by atoms with Crippen molar-refractivity contribution in [1.82, 2.24) is 9.80 Å². The van der Waals surface area contributed by atoms with Crippen molar-refractivity contribution < 1.29 is 13.6 Å². The molecule has 0 amide bonds. The smallest absolute Gasteiger partial charge is 0.169 e. The highest BCUT2D eigenvalue weighted by atomic mass is 19.2. The molecular formula is C14H18F2N2O. The number of benzene rings is 1. The summed E-state index contributed by atoms with van der Waals surface area (Å²) in [5, 5.41) is 0. The first-order valence-corrected chi connectivity index (χ1v) is 6.46. The topological polar surface area (TPSA) is 23.6 Å². The minimum atomic E-state index is -1.04. The lowest BCUT2D eigenvalue weighted by Crippen LogP contribution is -2.45. The highest BCUT2D eigenvalue weighted by Crippen LogP contribution is 2.14. The van der Waals surface area contributed by atoms with Gasteiger partial charge in [-0.1, -0.05) is 6.07 Å². The van der Waals surface area contributed by atoms with E-state index in [1.807, 2.05) is 0 Å². The van der Waals surface area contributed by atoms with E-state index in [9.17, 15) is 13.6 Å². The zero-order valence-electron chi connectivity index (χ0n) is 11.0. The average molecular weight is 268 g/mol. The highest BCUT2D eigenvalue weighted by Gasteiger charge is 2.18. The summed E-state index contributed by atoms with van der Waals surface area (Å²) in [7, 11) is 2.06. The van der Waals surface area contributed by atoms with Crippen LogP contribution in [0.4, 0.5) is 8.78 Å². The van der Waals surface area contributed by atoms with E-state index in [2.05, 4.69) is 16.8 Å². The van der Waals surface area contributed by atoms with E-state index in [0.717, 1.165) is 32.2 Å². The Labute approximate surface area is 111 Å². The normalized spacial score (nSPS) is 17.6. The Bertz CT molecular complexity index is 457. The Hall–Kier alpha value is -1.33. The van der Waals surface area contributed by atoms with Crippen molar-refractivity contribution in [2.24, 2.45) is 0 Å². The number of hydrogen-bond acceptors (Lipinski definition) is 3. The van der Waals surface area contributed by atoms with Crippen LogP contribution in [0.2, 0.25) is 0 Å². The standard InChI is InChI=1S/C14H18F2N2O/c1-17-7-9-18(10-8-17)6-5-13(19)11-3-2-4-12(15)14(11)16/h2-4H,5-10H2,1H3. The molecule has 0 aromatic heterocycles. The molecule has 0 spiro atoms. The zero-order chi connectivity index (χ0) is 13.8. The van der Waals surface area contributed by atoms with Gasteiger partial charge in [0.2, 0.25) is 0 Å². The molecular weight excluding hydrogens is 250 g/mol. The van der Waals surface area contributed by atoms with E-state index in [1.54, 1.807) is 0 Å². The maximum atomic E-state index is 13.5. The lowest BCUT2D eigenvalue weighted by Gasteiger charge is -2.32. The second-order valence-electron chi connectivity index (χ2n) is 4.92. The number of Topliss-reactive ketones (excluding diaryl/α,β-unsaturated/α-hetero) is 1. The predicted molar refractivity (Wildman–Crippen MR) is 69.2 cm³/mol. The molecule has 1 aromatic rings. The number of hydrogen-bond donors (Lipinski definition) is 0. The fourth-order valence-electron chi connectivity index (χ4n) is 2.18. The third-order valence-corrected chi connectivity index (χ3v) is 3.50. The van der Waals surface area contributed by atoms with Crippen LogP contribution in [0.25, 0.3) is 0 Å². The minimum Gasteiger partial charge on any atom is -0.304 e. The largest absolute Gasteiger partial charge is 0.304 e. The summed E-state index contributed by atoms with van der Waals surface area (Å²) in [6, 6.07) is 3.72. The molecule has 0 unspecified atom stereocenters. The fraction of sp³-hybridized carbons (Fsp3) is 0.500. The van der Waals surface area contributed by atoms with Crippen molar-refractivity contribution in [3.05, 3.63) is 35.4 Å². The van der Waals surface area contributed by atoms with E-state index in [0.29, 0.717) is 6.54 Å². The van der Waals surface area contributed by atoms with E-state index >= 15 is 0 Å². The third-order valence-electron chi connectivity index (χ3n) is 3.50. The van der Waals surface area contributed by atoms with Crippen LogP contribution in [0.1, 0.15) is 16.8 Å². The molecule has 1 aromatic carbocycles. The van der Waals surface area contributed by atoms with E-state index in [4.69, 9.17) is 0 Å². The number of carbonyl (C=O) groups excluding carboxylic acids is 1. The van der Waals surface area contributed by atoms with Crippen LogP contribution in [0.15, 0.2) is 18.2 Å². The molecule has 0 bridgehead atoms. The van der Waals surface area contributed by atoms with Crippen LogP contribution in [0.5, 0.6) is 0 Å². The molecule has 5 heteroatoms. The molecule has 104 valence electrons. The second-order valence-corrected chi connectivity index (χ2v) is 4.92. The molecule has 0 saturated carbocycles. The van der Waals surface area contributed by atoms with Gasteiger partial charge in [-0.25, -0.2) is 8.78 Å². The average Bonchev–Trinajstić information content (AvgIpc) is 2.41. The summed E-state index contributed by atoms with van der Waals surface area (Å²) in [4.78, 5) is 16.3. The van der Waals surface area contributed by atoms with Gasteiger partial charge in [0, 0.05) is 39.1 Å². The van der Waals surface area contributed by atoms with Crippen LogP contribution in [-0.2, 0) is 0 Å². The second kappa shape index (κ2) is 6.21. The van der Waals surface area contributed by atoms with Crippen LogP contribution < -0.4 is 0 Å². The molecule has 19 heavy (non-hydrogen) atoms. The molecule has 0 N–H and O–H groups in total. The Morgan fingerprint density at radius 3 is 2.58 bits per heavy atom. The van der Waals surface area contributed by atoms with Gasteiger partial charge in [-0.2, -0.15) is 0 Å². The zero-order valence-corrected chi connectivity index (χ0v) is 11.0. The van der Waals surface area contributed by atoms with E-state index in [1.165, 1.54) is 12.1 Å². The van der Waals surface area contributed by atoms with Gasteiger partial charge in [0.25, 0.3) is 0 Å². The molecule has 0 atom stereocenters. The molecule has 2 rings (SSSR count). The highest BCUT2D eigenvalue weighted by molar-refractivity contribution is 5.96. The Morgan fingerprint density at radius 2 is 1.89 bits per heavy atom. The number of likely N-dealkylation sites (N-methyl/N-ethyl adjacent to an activating group) is 1. The SMILES string of the molecule is CN1CCN(CCC(=O)c2cccc(F)c2F)CC1. The Balaban J connectivity index is 1.89. The third kappa shape index (κ3) is 3.58. The maximum absolute atomic E-state index is 13.5. The number of piperazine rings is 1. The molecule has 1 aliphatic heterocycles. The van der Waals surface area contributed by atoms with Crippen molar-refractivity contribution in [1.29, 1.82) is 0 Å².